The number of nitrogens with one attached hydrogen (secondary N) is 1. The third-order valence-corrected chi connectivity index (χ3v) is 4.25. The van der Waals surface area contributed by atoms with Crippen molar-refractivity contribution in [3.63, 3.8) is 0 Å². The molecule has 2 heterocycles. The van der Waals surface area contributed by atoms with Crippen LogP contribution in [-0.2, 0) is 16.1 Å². The van der Waals surface area contributed by atoms with E-state index in [1.165, 1.54) is 4.90 Å². The Balaban J connectivity index is 1.60. The molecule has 1 N–H and O–H groups in total. The van der Waals surface area contributed by atoms with E-state index < -0.39 is 12.1 Å². The third-order valence-electron chi connectivity index (χ3n) is 4.25. The summed E-state index contributed by atoms with van der Waals surface area (Å²) < 4.78 is 5.36. The van der Waals surface area contributed by atoms with E-state index in [0.717, 1.165) is 17.5 Å². The van der Waals surface area contributed by atoms with Gasteiger partial charge >= 0.3 is 6.09 Å². The minimum Gasteiger partial charge on any atom is -0.445 e. The van der Waals surface area contributed by atoms with E-state index in [-0.39, 0.29) is 12.5 Å². The van der Waals surface area contributed by atoms with Crippen molar-refractivity contribution in [2.45, 2.75) is 32.4 Å². The predicted octanol–water partition coefficient (Wildman–Crippen LogP) is 3.13. The molecule has 1 aliphatic rings. The monoisotopic (exact) mass is 339 g/mol. The lowest BCUT2D eigenvalue weighted by atomic mass is 10.2. The zero-order valence-electron chi connectivity index (χ0n) is 14.1. The summed E-state index contributed by atoms with van der Waals surface area (Å²) in [5.74, 6) is 0.299. The average Bonchev–Trinajstić information content (AvgIpc) is 3.12. The SMILES string of the molecule is Cc1cccnc1NC(=O)C1CCCN1C(=O)OCc1ccccc1. The molecule has 0 aliphatic carbocycles. The van der Waals surface area contributed by atoms with Gasteiger partial charge in [0.2, 0.25) is 5.91 Å². The molecule has 6 nitrogen and oxygen atoms in total. The minimum absolute atomic E-state index is 0.198. The molecule has 3 rings (SSSR count). The number of pyridine rings is 1. The molecule has 1 aliphatic heterocycles. The summed E-state index contributed by atoms with van der Waals surface area (Å²) >= 11 is 0. The van der Waals surface area contributed by atoms with Crippen molar-refractivity contribution >= 4 is 17.8 Å². The highest BCUT2D eigenvalue weighted by atomic mass is 16.6. The molecule has 25 heavy (non-hydrogen) atoms. The highest BCUT2D eigenvalue weighted by Crippen LogP contribution is 2.21. The van der Waals surface area contributed by atoms with Gasteiger partial charge in [-0.25, -0.2) is 9.78 Å². The maximum atomic E-state index is 12.6. The molecule has 1 saturated heterocycles. The zero-order chi connectivity index (χ0) is 17.6. The number of benzene rings is 1. The van der Waals surface area contributed by atoms with Crippen molar-refractivity contribution < 1.29 is 14.3 Å². The smallest absolute Gasteiger partial charge is 0.410 e. The van der Waals surface area contributed by atoms with Crippen molar-refractivity contribution in [2.75, 3.05) is 11.9 Å². The van der Waals surface area contributed by atoms with Crippen LogP contribution in [0.3, 0.4) is 0 Å². The topological polar surface area (TPSA) is 71.5 Å². The lowest BCUT2D eigenvalue weighted by Gasteiger charge is -2.23. The molecular weight excluding hydrogens is 318 g/mol. The molecule has 1 unspecified atom stereocenters. The Morgan fingerprint density at radius 1 is 1.24 bits per heavy atom. The van der Waals surface area contributed by atoms with Gasteiger partial charge in [-0.1, -0.05) is 36.4 Å². The van der Waals surface area contributed by atoms with E-state index in [0.29, 0.717) is 18.8 Å². The van der Waals surface area contributed by atoms with Gasteiger partial charge in [-0.05, 0) is 37.0 Å². The second kappa shape index (κ2) is 7.79. The van der Waals surface area contributed by atoms with Gasteiger partial charge < -0.3 is 10.1 Å². The van der Waals surface area contributed by atoms with Crippen LogP contribution in [0.2, 0.25) is 0 Å². The standard InChI is InChI=1S/C19H21N3O3/c1-14-7-5-11-20-17(14)21-18(23)16-10-6-12-22(16)19(24)25-13-15-8-3-2-4-9-15/h2-5,7-9,11,16H,6,10,12-13H2,1H3,(H,20,21,23). The Morgan fingerprint density at radius 2 is 2.04 bits per heavy atom. The summed E-state index contributed by atoms with van der Waals surface area (Å²) in [5, 5.41) is 2.81. The van der Waals surface area contributed by atoms with E-state index in [1.807, 2.05) is 49.4 Å². The number of anilines is 1. The molecule has 130 valence electrons. The maximum Gasteiger partial charge on any atom is 0.410 e. The van der Waals surface area contributed by atoms with E-state index in [9.17, 15) is 9.59 Å². The number of carbonyl (C=O) groups is 2. The molecule has 2 aromatic rings. The number of aromatic nitrogens is 1. The minimum atomic E-state index is -0.523. The zero-order valence-corrected chi connectivity index (χ0v) is 14.1. The van der Waals surface area contributed by atoms with Gasteiger partial charge in [0.1, 0.15) is 18.5 Å². The highest BCUT2D eigenvalue weighted by molar-refractivity contribution is 5.96. The van der Waals surface area contributed by atoms with Crippen LogP contribution in [-0.4, -0.2) is 34.5 Å². The number of likely N-dealkylation sites (tertiary alicyclic amines) is 1. The van der Waals surface area contributed by atoms with Gasteiger partial charge in [0, 0.05) is 12.7 Å². The summed E-state index contributed by atoms with van der Waals surface area (Å²) in [4.78, 5) is 30.6. The second-order valence-corrected chi connectivity index (χ2v) is 6.05. The second-order valence-electron chi connectivity index (χ2n) is 6.05. The maximum absolute atomic E-state index is 12.6. The number of aryl methyl sites for hydroxylation is 1. The van der Waals surface area contributed by atoms with Crippen molar-refractivity contribution in [3.05, 3.63) is 59.8 Å². The number of ether oxygens (including phenoxy) is 1. The van der Waals surface area contributed by atoms with E-state index in [4.69, 9.17) is 4.74 Å². The third kappa shape index (κ3) is 4.15. The average molecular weight is 339 g/mol. The summed E-state index contributed by atoms with van der Waals surface area (Å²) in [7, 11) is 0. The molecule has 0 saturated carbocycles. The van der Waals surface area contributed by atoms with Crippen molar-refractivity contribution in [1.82, 2.24) is 9.88 Å². The summed E-state index contributed by atoms with van der Waals surface area (Å²) in [6.45, 7) is 2.60. The quantitative estimate of drug-likeness (QED) is 0.929. The molecule has 1 fully saturated rings. The van der Waals surface area contributed by atoms with E-state index >= 15 is 0 Å². The lowest BCUT2D eigenvalue weighted by Crippen LogP contribution is -2.43. The van der Waals surface area contributed by atoms with Crippen LogP contribution in [0, 0.1) is 6.92 Å². The fourth-order valence-corrected chi connectivity index (χ4v) is 2.88. The van der Waals surface area contributed by atoms with E-state index in [1.54, 1.807) is 6.20 Å². The van der Waals surface area contributed by atoms with Crippen LogP contribution >= 0.6 is 0 Å². The largest absolute Gasteiger partial charge is 0.445 e. The number of rotatable bonds is 4. The first-order chi connectivity index (χ1) is 12.1. The van der Waals surface area contributed by atoms with Crippen LogP contribution in [0.4, 0.5) is 10.6 Å². The summed E-state index contributed by atoms with van der Waals surface area (Å²) in [6, 6.07) is 12.7. The Kier molecular flexibility index (Phi) is 5.28. The van der Waals surface area contributed by atoms with Gasteiger partial charge in [0.15, 0.2) is 0 Å². The van der Waals surface area contributed by atoms with Gasteiger partial charge in [-0.3, -0.25) is 9.69 Å². The first-order valence-corrected chi connectivity index (χ1v) is 8.35. The Labute approximate surface area is 146 Å². The highest BCUT2D eigenvalue weighted by Gasteiger charge is 2.35. The molecule has 6 heteroatoms. The van der Waals surface area contributed by atoms with Crippen LogP contribution in [0.25, 0.3) is 0 Å². The Hall–Kier alpha value is -2.89. The van der Waals surface area contributed by atoms with Crippen LogP contribution in [0.15, 0.2) is 48.7 Å². The van der Waals surface area contributed by atoms with Crippen molar-refractivity contribution in [1.29, 1.82) is 0 Å². The van der Waals surface area contributed by atoms with Gasteiger partial charge in [-0.15, -0.1) is 0 Å². The lowest BCUT2D eigenvalue weighted by molar-refractivity contribution is -0.120. The molecule has 1 aromatic carbocycles. The fraction of sp³-hybridized carbons (Fsp3) is 0.316. The van der Waals surface area contributed by atoms with Crippen LogP contribution in [0.5, 0.6) is 0 Å². The predicted molar refractivity (Wildman–Crippen MR) is 94.0 cm³/mol. The molecule has 1 atom stereocenters. The van der Waals surface area contributed by atoms with Crippen LogP contribution in [0.1, 0.15) is 24.0 Å². The van der Waals surface area contributed by atoms with Crippen LogP contribution < -0.4 is 5.32 Å². The number of hydrogen-bond acceptors (Lipinski definition) is 4. The normalized spacial score (nSPS) is 16.5. The summed E-state index contributed by atoms with van der Waals surface area (Å²) in [5.41, 5.74) is 1.80. The Bertz CT molecular complexity index is 749. The van der Waals surface area contributed by atoms with E-state index in [2.05, 4.69) is 10.3 Å². The molecular formula is C19H21N3O3. The van der Waals surface area contributed by atoms with Gasteiger partial charge in [0.05, 0.1) is 0 Å². The first kappa shape index (κ1) is 17.0. The number of hydrogen-bond donors (Lipinski definition) is 1. The van der Waals surface area contributed by atoms with Crippen molar-refractivity contribution in [3.8, 4) is 0 Å². The van der Waals surface area contributed by atoms with Gasteiger partial charge in [-0.2, -0.15) is 0 Å². The molecule has 0 bridgehead atoms. The first-order valence-electron chi connectivity index (χ1n) is 8.35. The number of amides is 2. The number of carbonyl (C=O) groups excluding carboxylic acids is 2. The molecule has 2 amide bonds. The van der Waals surface area contributed by atoms with Crippen molar-refractivity contribution in [2.24, 2.45) is 0 Å². The molecule has 1 aromatic heterocycles. The Morgan fingerprint density at radius 3 is 2.80 bits per heavy atom. The summed E-state index contributed by atoms with van der Waals surface area (Å²) in [6.07, 6.45) is 2.57. The molecule has 0 radical (unpaired) electrons. The number of nitrogens with zero attached hydrogens (tertiary/aromatic N) is 2. The van der Waals surface area contributed by atoms with Gasteiger partial charge in [0.25, 0.3) is 0 Å². The fourth-order valence-electron chi connectivity index (χ4n) is 2.88. The molecule has 0 spiro atoms.